The van der Waals surface area contributed by atoms with Gasteiger partial charge in [0.2, 0.25) is 0 Å². The minimum atomic E-state index is -0.834. The molecule has 1 atom stereocenters. The van der Waals surface area contributed by atoms with Gasteiger partial charge in [0.15, 0.2) is 5.60 Å². The fourth-order valence-electron chi connectivity index (χ4n) is 4.16. The number of hydrogen-bond acceptors (Lipinski definition) is 6. The molecule has 164 valence electrons. The molecule has 1 fully saturated rings. The highest BCUT2D eigenvalue weighted by Crippen LogP contribution is 2.29. The van der Waals surface area contributed by atoms with Gasteiger partial charge in [-0.15, -0.1) is 0 Å². The minimum Gasteiger partial charge on any atom is -0.384 e. The van der Waals surface area contributed by atoms with E-state index in [0.29, 0.717) is 52.2 Å². The molecule has 0 unspecified atom stereocenters. The van der Waals surface area contributed by atoms with Crippen LogP contribution in [-0.4, -0.2) is 71.2 Å². The highest BCUT2D eigenvalue weighted by Gasteiger charge is 2.45. The summed E-state index contributed by atoms with van der Waals surface area (Å²) < 4.78 is 11.3. The molecule has 3 heterocycles. The molecule has 1 saturated heterocycles. The van der Waals surface area contributed by atoms with Crippen molar-refractivity contribution in [2.45, 2.75) is 31.5 Å². The van der Waals surface area contributed by atoms with Crippen LogP contribution in [0.25, 0.3) is 0 Å². The third-order valence-corrected chi connectivity index (χ3v) is 5.79. The van der Waals surface area contributed by atoms with Crippen molar-refractivity contribution < 1.29 is 14.3 Å². The Morgan fingerprint density at radius 3 is 2.68 bits per heavy atom. The van der Waals surface area contributed by atoms with E-state index in [1.807, 2.05) is 35.5 Å². The van der Waals surface area contributed by atoms with Crippen molar-refractivity contribution in [2.24, 2.45) is 0 Å². The quantitative estimate of drug-likeness (QED) is 0.638. The predicted molar refractivity (Wildman–Crippen MR) is 117 cm³/mol. The van der Waals surface area contributed by atoms with Crippen LogP contribution in [0.1, 0.15) is 23.4 Å². The molecular weight excluding hydrogens is 392 g/mol. The lowest BCUT2D eigenvalue weighted by atomic mass is 9.95. The molecule has 7 heteroatoms. The van der Waals surface area contributed by atoms with Crippen LogP contribution < -0.4 is 0 Å². The highest BCUT2D eigenvalue weighted by molar-refractivity contribution is 5.86. The van der Waals surface area contributed by atoms with E-state index in [-0.39, 0.29) is 5.91 Å². The van der Waals surface area contributed by atoms with Crippen LogP contribution in [0, 0.1) is 0 Å². The highest BCUT2D eigenvalue weighted by atomic mass is 16.5. The number of benzene rings is 1. The van der Waals surface area contributed by atoms with Gasteiger partial charge in [-0.2, -0.15) is 0 Å². The summed E-state index contributed by atoms with van der Waals surface area (Å²) in [6, 6.07) is 10.1. The summed E-state index contributed by atoms with van der Waals surface area (Å²) in [5.41, 5.74) is 1.33. The van der Waals surface area contributed by atoms with Gasteiger partial charge in [0.05, 0.1) is 13.2 Å². The number of carbonyl (C=O) groups is 1. The van der Waals surface area contributed by atoms with Crippen molar-refractivity contribution >= 4 is 5.91 Å². The van der Waals surface area contributed by atoms with Gasteiger partial charge in [-0.1, -0.05) is 42.5 Å². The maximum absolute atomic E-state index is 13.6. The average Bonchev–Trinajstić information content (AvgIpc) is 2.94. The van der Waals surface area contributed by atoms with Gasteiger partial charge >= 0.3 is 0 Å². The third-order valence-electron chi connectivity index (χ3n) is 5.79. The summed E-state index contributed by atoms with van der Waals surface area (Å²) in [5.74, 6) is 0.849. The minimum absolute atomic E-state index is 0.0669. The van der Waals surface area contributed by atoms with Crippen molar-refractivity contribution in [3.8, 4) is 0 Å². The first-order chi connectivity index (χ1) is 15.2. The van der Waals surface area contributed by atoms with Gasteiger partial charge in [0.25, 0.3) is 5.91 Å². The molecule has 0 saturated carbocycles. The van der Waals surface area contributed by atoms with Gasteiger partial charge in [-0.25, -0.2) is 9.97 Å². The molecule has 1 amide bonds. The lowest BCUT2D eigenvalue weighted by molar-refractivity contribution is -0.170. The van der Waals surface area contributed by atoms with Crippen LogP contribution in [0.5, 0.6) is 0 Å². The lowest BCUT2D eigenvalue weighted by Gasteiger charge is -2.42. The number of carbonyl (C=O) groups excluding carboxylic acids is 1. The first-order valence-corrected chi connectivity index (χ1v) is 10.8. The second-order valence-corrected chi connectivity index (χ2v) is 8.15. The molecule has 1 spiro atoms. The molecule has 0 aliphatic carbocycles. The van der Waals surface area contributed by atoms with Crippen LogP contribution in [-0.2, 0) is 33.8 Å². The van der Waals surface area contributed by atoms with E-state index in [2.05, 4.69) is 39.2 Å². The SMILES string of the molecule is COCCc1ncc(CN2CCO[C@]3(CC=CCN(Cc4ccccc4)C3=O)C2)cn1. The number of amides is 1. The third kappa shape index (κ3) is 5.36. The van der Waals surface area contributed by atoms with Gasteiger partial charge in [0.1, 0.15) is 5.82 Å². The maximum Gasteiger partial charge on any atom is 0.257 e. The second kappa shape index (κ2) is 10.1. The number of morpholine rings is 1. The topological polar surface area (TPSA) is 67.8 Å². The lowest BCUT2D eigenvalue weighted by Crippen LogP contribution is -2.59. The number of nitrogens with zero attached hydrogens (tertiary/aromatic N) is 4. The van der Waals surface area contributed by atoms with Crippen molar-refractivity contribution in [2.75, 3.05) is 40.0 Å². The standard InChI is InChI=1S/C24H30N4O3/c1-30-13-9-22-25-15-21(16-26-22)17-27-12-14-31-24(19-27)10-5-6-11-28(23(24)29)18-20-7-3-2-4-8-20/h2-8,15-16H,9-14,17-19H2,1H3/t24-/m1/s1. The monoisotopic (exact) mass is 422 g/mol. The molecule has 4 rings (SSSR count). The van der Waals surface area contributed by atoms with Gasteiger partial charge < -0.3 is 14.4 Å². The molecule has 2 aliphatic rings. The molecule has 0 N–H and O–H groups in total. The van der Waals surface area contributed by atoms with Crippen molar-refractivity contribution in [3.63, 3.8) is 0 Å². The molecule has 31 heavy (non-hydrogen) atoms. The maximum atomic E-state index is 13.6. The van der Waals surface area contributed by atoms with Crippen LogP contribution in [0.3, 0.4) is 0 Å². The summed E-state index contributed by atoms with van der Waals surface area (Å²) in [6.07, 6.45) is 9.20. The van der Waals surface area contributed by atoms with Crippen LogP contribution in [0.2, 0.25) is 0 Å². The van der Waals surface area contributed by atoms with E-state index < -0.39 is 5.60 Å². The van der Waals surface area contributed by atoms with Gasteiger partial charge in [-0.3, -0.25) is 9.69 Å². The average molecular weight is 423 g/mol. The number of methoxy groups -OCH3 is 1. The smallest absolute Gasteiger partial charge is 0.257 e. The molecule has 7 nitrogen and oxygen atoms in total. The Morgan fingerprint density at radius 1 is 1.10 bits per heavy atom. The predicted octanol–water partition coefficient (Wildman–Crippen LogP) is 2.23. The van der Waals surface area contributed by atoms with E-state index in [0.717, 1.165) is 23.5 Å². The Balaban J connectivity index is 1.43. The fourth-order valence-corrected chi connectivity index (χ4v) is 4.16. The molecular formula is C24H30N4O3. The molecule has 1 aromatic heterocycles. The first kappa shape index (κ1) is 21.6. The Hall–Kier alpha value is -2.61. The summed E-state index contributed by atoms with van der Waals surface area (Å²) in [6.45, 7) is 4.38. The largest absolute Gasteiger partial charge is 0.384 e. The number of ether oxygens (including phenoxy) is 2. The van der Waals surface area contributed by atoms with Crippen LogP contribution in [0.15, 0.2) is 54.9 Å². The van der Waals surface area contributed by atoms with E-state index in [9.17, 15) is 4.79 Å². The summed E-state index contributed by atoms with van der Waals surface area (Å²) in [4.78, 5) is 26.6. The molecule has 1 aromatic carbocycles. The first-order valence-electron chi connectivity index (χ1n) is 10.8. The summed E-state index contributed by atoms with van der Waals surface area (Å²) >= 11 is 0. The van der Waals surface area contributed by atoms with Crippen LogP contribution in [0.4, 0.5) is 0 Å². The van der Waals surface area contributed by atoms with E-state index in [1.165, 1.54) is 0 Å². The molecule has 0 radical (unpaired) electrons. The van der Waals surface area contributed by atoms with E-state index in [1.54, 1.807) is 7.11 Å². The van der Waals surface area contributed by atoms with E-state index in [4.69, 9.17) is 9.47 Å². The van der Waals surface area contributed by atoms with Gasteiger partial charge in [0, 0.05) is 70.6 Å². The van der Waals surface area contributed by atoms with Crippen LogP contribution >= 0.6 is 0 Å². The van der Waals surface area contributed by atoms with Crippen molar-refractivity contribution in [1.82, 2.24) is 19.8 Å². The molecule has 2 aromatic rings. The number of rotatable bonds is 7. The Morgan fingerprint density at radius 2 is 1.90 bits per heavy atom. The molecule has 2 aliphatic heterocycles. The zero-order chi connectivity index (χ0) is 21.5. The fraction of sp³-hybridized carbons (Fsp3) is 0.458. The second-order valence-electron chi connectivity index (χ2n) is 8.15. The van der Waals surface area contributed by atoms with Gasteiger partial charge in [-0.05, 0) is 5.56 Å². The zero-order valence-electron chi connectivity index (χ0n) is 18.1. The van der Waals surface area contributed by atoms with Crippen molar-refractivity contribution in [3.05, 3.63) is 71.8 Å². The summed E-state index contributed by atoms with van der Waals surface area (Å²) in [5, 5.41) is 0. The number of hydrogen-bond donors (Lipinski definition) is 0. The van der Waals surface area contributed by atoms with Crippen molar-refractivity contribution in [1.29, 1.82) is 0 Å². The normalized spacial score (nSPS) is 22.1. The van der Waals surface area contributed by atoms with E-state index >= 15 is 0 Å². The Labute approximate surface area is 183 Å². The molecule has 0 bridgehead atoms. The Bertz CT molecular complexity index is 887. The Kier molecular flexibility index (Phi) is 7.06. The zero-order valence-corrected chi connectivity index (χ0v) is 18.1. The number of aromatic nitrogens is 2. The summed E-state index contributed by atoms with van der Waals surface area (Å²) in [7, 11) is 1.67.